The Labute approximate surface area is 163 Å². The van der Waals surface area contributed by atoms with E-state index in [0.29, 0.717) is 32.8 Å². The predicted octanol–water partition coefficient (Wildman–Crippen LogP) is 3.85. The molecule has 0 saturated heterocycles. The number of anilines is 1. The van der Waals surface area contributed by atoms with Crippen LogP contribution >= 0.6 is 11.3 Å². The Morgan fingerprint density at radius 1 is 1.29 bits per heavy atom. The van der Waals surface area contributed by atoms with Crippen LogP contribution in [0, 0.1) is 6.92 Å². The van der Waals surface area contributed by atoms with Gasteiger partial charge in [0.1, 0.15) is 16.4 Å². The van der Waals surface area contributed by atoms with Crippen LogP contribution in [0.25, 0.3) is 10.6 Å². The number of amides is 1. The standard InChI is InChI=1S/C18H18F2N4O3S/c1-10-16(17(25)23-12-7-21-24(8-12)9-15(19)20)28-18(22-10)11-4-5-13(26-2)14(6-11)27-3/h4-8,15H,9H2,1-3H3,(H,23,25). The van der Waals surface area contributed by atoms with Crippen molar-refractivity contribution in [1.29, 1.82) is 0 Å². The molecule has 0 radical (unpaired) electrons. The molecular formula is C18H18F2N4O3S. The fourth-order valence-corrected chi connectivity index (χ4v) is 3.51. The first kappa shape index (κ1) is 19.7. The summed E-state index contributed by atoms with van der Waals surface area (Å²) in [7, 11) is 3.10. The third kappa shape index (κ3) is 4.28. The summed E-state index contributed by atoms with van der Waals surface area (Å²) in [4.78, 5) is 17.4. The van der Waals surface area contributed by atoms with E-state index < -0.39 is 13.0 Å². The SMILES string of the molecule is COc1ccc(-c2nc(C)c(C(=O)Nc3cnn(CC(F)F)c3)s2)cc1OC. The molecule has 0 fully saturated rings. The van der Waals surface area contributed by atoms with Crippen LogP contribution in [0.3, 0.4) is 0 Å². The van der Waals surface area contributed by atoms with Crippen molar-refractivity contribution < 1.29 is 23.0 Å². The first-order valence-electron chi connectivity index (χ1n) is 8.23. The Morgan fingerprint density at radius 3 is 2.71 bits per heavy atom. The van der Waals surface area contributed by atoms with Crippen LogP contribution in [0.15, 0.2) is 30.6 Å². The van der Waals surface area contributed by atoms with E-state index in [0.717, 1.165) is 10.2 Å². The number of aromatic nitrogens is 3. The van der Waals surface area contributed by atoms with Gasteiger partial charge in [0.05, 0.1) is 31.8 Å². The van der Waals surface area contributed by atoms with E-state index in [4.69, 9.17) is 9.47 Å². The highest BCUT2D eigenvalue weighted by Crippen LogP contribution is 2.35. The minimum absolute atomic E-state index is 0.339. The van der Waals surface area contributed by atoms with Gasteiger partial charge in [-0.3, -0.25) is 9.48 Å². The smallest absolute Gasteiger partial charge is 0.267 e. The Hall–Kier alpha value is -3.01. The predicted molar refractivity (Wildman–Crippen MR) is 102 cm³/mol. The van der Waals surface area contributed by atoms with Crippen LogP contribution in [0.5, 0.6) is 11.5 Å². The summed E-state index contributed by atoms with van der Waals surface area (Å²) in [5, 5.41) is 7.10. The minimum atomic E-state index is -2.52. The van der Waals surface area contributed by atoms with Crippen molar-refractivity contribution >= 4 is 22.9 Å². The Bertz CT molecular complexity index is 987. The first-order valence-corrected chi connectivity index (χ1v) is 9.04. The molecule has 2 aromatic heterocycles. The lowest BCUT2D eigenvalue weighted by atomic mass is 10.2. The van der Waals surface area contributed by atoms with Crippen molar-refractivity contribution in [2.75, 3.05) is 19.5 Å². The number of benzene rings is 1. The number of hydrogen-bond acceptors (Lipinski definition) is 6. The largest absolute Gasteiger partial charge is 0.493 e. The van der Waals surface area contributed by atoms with Gasteiger partial charge in [-0.05, 0) is 25.1 Å². The lowest BCUT2D eigenvalue weighted by Crippen LogP contribution is -2.11. The van der Waals surface area contributed by atoms with Crippen LogP contribution in [-0.2, 0) is 6.54 Å². The van der Waals surface area contributed by atoms with Crippen LogP contribution in [-0.4, -0.2) is 41.3 Å². The number of ether oxygens (including phenoxy) is 2. The van der Waals surface area contributed by atoms with E-state index in [1.54, 1.807) is 33.3 Å². The molecule has 3 rings (SSSR count). The molecule has 0 bridgehead atoms. The second-order valence-electron chi connectivity index (χ2n) is 5.80. The zero-order valence-electron chi connectivity index (χ0n) is 15.4. The van der Waals surface area contributed by atoms with Crippen molar-refractivity contribution in [3.8, 4) is 22.1 Å². The molecule has 0 spiro atoms. The lowest BCUT2D eigenvalue weighted by Gasteiger charge is -2.08. The molecule has 0 aliphatic carbocycles. The van der Waals surface area contributed by atoms with Crippen LogP contribution in [0.2, 0.25) is 0 Å². The number of hydrogen-bond donors (Lipinski definition) is 1. The van der Waals surface area contributed by atoms with E-state index in [-0.39, 0.29) is 5.91 Å². The van der Waals surface area contributed by atoms with Crippen molar-refractivity contribution in [1.82, 2.24) is 14.8 Å². The van der Waals surface area contributed by atoms with Crippen molar-refractivity contribution in [2.24, 2.45) is 0 Å². The summed E-state index contributed by atoms with van der Waals surface area (Å²) >= 11 is 1.22. The van der Waals surface area contributed by atoms with Gasteiger partial charge in [0.15, 0.2) is 11.5 Å². The second kappa shape index (κ2) is 8.34. The van der Waals surface area contributed by atoms with Gasteiger partial charge in [-0.1, -0.05) is 0 Å². The number of halogens is 2. The van der Waals surface area contributed by atoms with Crippen LogP contribution in [0.1, 0.15) is 15.4 Å². The zero-order valence-corrected chi connectivity index (χ0v) is 16.2. The summed E-state index contributed by atoms with van der Waals surface area (Å²) in [5.41, 5.74) is 1.69. The molecular weight excluding hydrogens is 390 g/mol. The van der Waals surface area contributed by atoms with Crippen LogP contribution < -0.4 is 14.8 Å². The number of nitrogens with one attached hydrogen (secondary N) is 1. The Morgan fingerprint density at radius 2 is 2.04 bits per heavy atom. The molecule has 2 heterocycles. The number of nitrogens with zero attached hydrogens (tertiary/aromatic N) is 3. The molecule has 0 unspecified atom stereocenters. The number of carbonyl (C=O) groups is 1. The average Bonchev–Trinajstić information content (AvgIpc) is 3.26. The Balaban J connectivity index is 1.80. The van der Waals surface area contributed by atoms with E-state index >= 15 is 0 Å². The van der Waals surface area contributed by atoms with Gasteiger partial charge in [-0.2, -0.15) is 5.10 Å². The summed E-state index contributed by atoms with van der Waals surface area (Å²) in [6, 6.07) is 5.38. The van der Waals surface area contributed by atoms with Crippen molar-refractivity contribution in [2.45, 2.75) is 19.9 Å². The van der Waals surface area contributed by atoms with Crippen molar-refractivity contribution in [3.05, 3.63) is 41.2 Å². The third-order valence-electron chi connectivity index (χ3n) is 3.85. The normalized spacial score (nSPS) is 10.9. The Kier molecular flexibility index (Phi) is 5.88. The summed E-state index contributed by atoms with van der Waals surface area (Å²) in [5.74, 6) is 0.780. The van der Waals surface area contributed by atoms with Crippen molar-refractivity contribution in [3.63, 3.8) is 0 Å². The zero-order chi connectivity index (χ0) is 20.3. The van der Waals surface area contributed by atoms with E-state index in [2.05, 4.69) is 15.4 Å². The highest BCUT2D eigenvalue weighted by atomic mass is 32.1. The first-order chi connectivity index (χ1) is 13.4. The van der Waals surface area contributed by atoms with Gasteiger partial charge in [-0.25, -0.2) is 13.8 Å². The molecule has 1 N–H and O–H groups in total. The monoisotopic (exact) mass is 408 g/mol. The highest BCUT2D eigenvalue weighted by Gasteiger charge is 2.18. The molecule has 0 atom stereocenters. The maximum absolute atomic E-state index is 12.6. The lowest BCUT2D eigenvalue weighted by molar-refractivity contribution is 0.102. The highest BCUT2D eigenvalue weighted by molar-refractivity contribution is 7.17. The molecule has 3 aromatic rings. The van der Waals surface area contributed by atoms with Gasteiger partial charge in [0.2, 0.25) is 0 Å². The molecule has 10 heteroatoms. The molecule has 0 saturated carbocycles. The van der Waals surface area contributed by atoms with Crippen LogP contribution in [0.4, 0.5) is 14.5 Å². The van der Waals surface area contributed by atoms with Gasteiger partial charge < -0.3 is 14.8 Å². The van der Waals surface area contributed by atoms with Gasteiger partial charge >= 0.3 is 0 Å². The number of carbonyl (C=O) groups excluding carboxylic acids is 1. The number of thiazole rings is 1. The minimum Gasteiger partial charge on any atom is -0.493 e. The fourth-order valence-electron chi connectivity index (χ4n) is 2.56. The fraction of sp³-hybridized carbons (Fsp3) is 0.278. The molecule has 148 valence electrons. The molecule has 1 amide bonds. The number of aryl methyl sites for hydroxylation is 1. The summed E-state index contributed by atoms with van der Waals surface area (Å²) in [6.07, 6.45) is 0.165. The number of alkyl halides is 2. The quantitative estimate of drug-likeness (QED) is 0.643. The maximum atomic E-state index is 12.6. The second-order valence-corrected chi connectivity index (χ2v) is 6.80. The molecule has 0 aliphatic rings. The topological polar surface area (TPSA) is 78.3 Å². The van der Waals surface area contributed by atoms with E-state index in [1.807, 2.05) is 6.07 Å². The summed E-state index contributed by atoms with van der Waals surface area (Å²) < 4.78 is 36.4. The number of rotatable bonds is 7. The molecule has 0 aliphatic heterocycles. The maximum Gasteiger partial charge on any atom is 0.267 e. The van der Waals surface area contributed by atoms with E-state index in [9.17, 15) is 13.6 Å². The van der Waals surface area contributed by atoms with E-state index in [1.165, 1.54) is 23.7 Å². The van der Waals surface area contributed by atoms with Gasteiger partial charge in [0, 0.05) is 11.8 Å². The molecule has 28 heavy (non-hydrogen) atoms. The molecule has 1 aromatic carbocycles. The van der Waals surface area contributed by atoms with Gasteiger partial charge in [0.25, 0.3) is 12.3 Å². The average molecular weight is 408 g/mol. The molecule has 7 nitrogen and oxygen atoms in total. The summed E-state index contributed by atoms with van der Waals surface area (Å²) in [6.45, 7) is 1.20. The third-order valence-corrected chi connectivity index (χ3v) is 5.05. The van der Waals surface area contributed by atoms with Gasteiger partial charge in [-0.15, -0.1) is 11.3 Å². The number of methoxy groups -OCH3 is 2.